The molecule has 0 aromatic heterocycles. The molecule has 0 radical (unpaired) electrons. The molecule has 0 bridgehead atoms. The van der Waals surface area contributed by atoms with Gasteiger partial charge in [0, 0.05) is 23.9 Å². The molecule has 3 rings (SSSR count). The maximum absolute atomic E-state index is 12.4. The Hall–Kier alpha value is -2.33. The number of amides is 1. The van der Waals surface area contributed by atoms with Gasteiger partial charge in [0.05, 0.1) is 7.11 Å². The molecule has 1 aliphatic rings. The molecule has 4 heteroatoms. The minimum absolute atomic E-state index is 0.102. The topological polar surface area (TPSA) is 41.6 Å². The molecule has 132 valence electrons. The standard InChI is InChI=1S/C21H26N2O2/c1-25-20-8-6-7-19(15-20)22-21(24)18-11-9-17(10-12-18)16-23-13-4-2-3-5-14-23/h6-12,15H,2-5,13-14,16H2,1H3,(H,22,24). The largest absolute Gasteiger partial charge is 0.497 e. The second-order valence-electron chi connectivity index (χ2n) is 6.57. The second-order valence-corrected chi connectivity index (χ2v) is 6.57. The summed E-state index contributed by atoms with van der Waals surface area (Å²) in [6.07, 6.45) is 5.28. The van der Waals surface area contributed by atoms with Gasteiger partial charge in [-0.1, -0.05) is 31.0 Å². The monoisotopic (exact) mass is 338 g/mol. The van der Waals surface area contributed by atoms with Crippen LogP contribution in [0.1, 0.15) is 41.6 Å². The van der Waals surface area contributed by atoms with Gasteiger partial charge in [-0.15, -0.1) is 0 Å². The summed E-state index contributed by atoms with van der Waals surface area (Å²) in [4.78, 5) is 14.9. The molecule has 0 unspecified atom stereocenters. The first-order chi connectivity index (χ1) is 12.2. The predicted molar refractivity (Wildman–Crippen MR) is 101 cm³/mol. The van der Waals surface area contributed by atoms with E-state index in [1.54, 1.807) is 7.11 Å². The van der Waals surface area contributed by atoms with Gasteiger partial charge in [0.25, 0.3) is 5.91 Å². The van der Waals surface area contributed by atoms with E-state index in [2.05, 4.69) is 22.3 Å². The Morgan fingerprint density at radius 2 is 1.76 bits per heavy atom. The van der Waals surface area contributed by atoms with Crippen molar-refractivity contribution in [3.63, 3.8) is 0 Å². The molecule has 2 aromatic carbocycles. The lowest BCUT2D eigenvalue weighted by atomic mass is 10.1. The minimum Gasteiger partial charge on any atom is -0.497 e. The number of ether oxygens (including phenoxy) is 1. The van der Waals surface area contributed by atoms with Crippen LogP contribution >= 0.6 is 0 Å². The van der Waals surface area contributed by atoms with E-state index >= 15 is 0 Å². The van der Waals surface area contributed by atoms with Crippen molar-refractivity contribution in [2.24, 2.45) is 0 Å². The number of nitrogens with one attached hydrogen (secondary N) is 1. The van der Waals surface area contributed by atoms with Gasteiger partial charge in [0.1, 0.15) is 5.75 Å². The number of hydrogen-bond donors (Lipinski definition) is 1. The summed E-state index contributed by atoms with van der Waals surface area (Å²) in [7, 11) is 1.62. The third-order valence-corrected chi connectivity index (χ3v) is 4.65. The Kier molecular flexibility index (Phi) is 6.07. The van der Waals surface area contributed by atoms with Gasteiger partial charge in [-0.2, -0.15) is 0 Å². The molecule has 1 fully saturated rings. The van der Waals surface area contributed by atoms with Crippen LogP contribution in [0, 0.1) is 0 Å². The fourth-order valence-electron chi connectivity index (χ4n) is 3.22. The number of rotatable bonds is 5. The van der Waals surface area contributed by atoms with Crippen molar-refractivity contribution in [2.45, 2.75) is 32.2 Å². The Morgan fingerprint density at radius 1 is 1.04 bits per heavy atom. The van der Waals surface area contributed by atoms with E-state index in [1.807, 2.05) is 36.4 Å². The van der Waals surface area contributed by atoms with Gasteiger partial charge in [-0.3, -0.25) is 9.69 Å². The average Bonchev–Trinajstić information content (AvgIpc) is 2.91. The van der Waals surface area contributed by atoms with Gasteiger partial charge in [-0.05, 0) is 55.8 Å². The molecule has 1 heterocycles. The molecule has 0 aliphatic carbocycles. The van der Waals surface area contributed by atoms with Crippen molar-refractivity contribution in [3.05, 3.63) is 59.7 Å². The molecule has 1 aliphatic heterocycles. The first-order valence-electron chi connectivity index (χ1n) is 9.01. The third-order valence-electron chi connectivity index (χ3n) is 4.65. The number of nitrogens with zero attached hydrogens (tertiary/aromatic N) is 1. The lowest BCUT2D eigenvalue weighted by molar-refractivity contribution is 0.102. The van der Waals surface area contributed by atoms with E-state index in [1.165, 1.54) is 44.3 Å². The quantitative estimate of drug-likeness (QED) is 0.882. The van der Waals surface area contributed by atoms with Crippen LogP contribution in [-0.2, 0) is 6.54 Å². The van der Waals surface area contributed by atoms with Crippen molar-refractivity contribution >= 4 is 11.6 Å². The number of anilines is 1. The first kappa shape index (κ1) is 17.5. The summed E-state index contributed by atoms with van der Waals surface area (Å²) < 4.78 is 5.18. The molecule has 25 heavy (non-hydrogen) atoms. The highest BCUT2D eigenvalue weighted by Gasteiger charge is 2.11. The molecule has 1 amide bonds. The lowest BCUT2D eigenvalue weighted by Crippen LogP contribution is -2.24. The van der Waals surface area contributed by atoms with Crippen LogP contribution in [0.4, 0.5) is 5.69 Å². The highest BCUT2D eigenvalue weighted by Crippen LogP contribution is 2.18. The smallest absolute Gasteiger partial charge is 0.255 e. The zero-order valence-electron chi connectivity index (χ0n) is 14.8. The number of hydrogen-bond acceptors (Lipinski definition) is 3. The predicted octanol–water partition coefficient (Wildman–Crippen LogP) is 4.32. The first-order valence-corrected chi connectivity index (χ1v) is 9.01. The number of benzene rings is 2. The minimum atomic E-state index is -0.102. The maximum atomic E-state index is 12.4. The zero-order chi connectivity index (χ0) is 17.5. The molecular formula is C21H26N2O2. The summed E-state index contributed by atoms with van der Waals surface area (Å²) in [5.74, 6) is 0.625. The van der Waals surface area contributed by atoms with Crippen molar-refractivity contribution in [2.75, 3.05) is 25.5 Å². The SMILES string of the molecule is COc1cccc(NC(=O)c2ccc(CN3CCCCCC3)cc2)c1. The fraction of sp³-hybridized carbons (Fsp3) is 0.381. The molecule has 0 atom stereocenters. The summed E-state index contributed by atoms with van der Waals surface area (Å²) in [5.41, 5.74) is 2.67. The number of carbonyl (C=O) groups excluding carboxylic acids is 1. The van der Waals surface area contributed by atoms with Crippen LogP contribution < -0.4 is 10.1 Å². The van der Waals surface area contributed by atoms with Crippen molar-refractivity contribution in [1.29, 1.82) is 0 Å². The summed E-state index contributed by atoms with van der Waals surface area (Å²) in [6, 6.07) is 15.3. The van der Waals surface area contributed by atoms with E-state index < -0.39 is 0 Å². The van der Waals surface area contributed by atoms with Crippen molar-refractivity contribution < 1.29 is 9.53 Å². The average molecular weight is 338 g/mol. The van der Waals surface area contributed by atoms with Crippen LogP contribution in [0.25, 0.3) is 0 Å². The highest BCUT2D eigenvalue weighted by atomic mass is 16.5. The summed E-state index contributed by atoms with van der Waals surface area (Å²) in [6.45, 7) is 3.33. The molecule has 2 aromatic rings. The van der Waals surface area contributed by atoms with Crippen LogP contribution in [0.5, 0.6) is 5.75 Å². The molecular weight excluding hydrogens is 312 g/mol. The Morgan fingerprint density at radius 3 is 2.44 bits per heavy atom. The third kappa shape index (κ3) is 5.07. The van der Waals surface area contributed by atoms with Crippen molar-refractivity contribution in [3.8, 4) is 5.75 Å². The Bertz CT molecular complexity index is 689. The Balaban J connectivity index is 1.59. The van der Waals surface area contributed by atoms with Crippen LogP contribution in [0.3, 0.4) is 0 Å². The maximum Gasteiger partial charge on any atom is 0.255 e. The summed E-state index contributed by atoms with van der Waals surface area (Å²) in [5, 5.41) is 2.91. The number of likely N-dealkylation sites (tertiary alicyclic amines) is 1. The number of carbonyl (C=O) groups is 1. The second kappa shape index (κ2) is 8.67. The fourth-order valence-corrected chi connectivity index (χ4v) is 3.22. The molecule has 4 nitrogen and oxygen atoms in total. The molecule has 1 saturated heterocycles. The van der Waals surface area contributed by atoms with E-state index in [4.69, 9.17) is 4.74 Å². The van der Waals surface area contributed by atoms with Crippen LogP contribution in [0.15, 0.2) is 48.5 Å². The van der Waals surface area contributed by atoms with Gasteiger partial charge < -0.3 is 10.1 Å². The van der Waals surface area contributed by atoms with Crippen LogP contribution in [-0.4, -0.2) is 31.0 Å². The molecule has 1 N–H and O–H groups in total. The molecule has 0 saturated carbocycles. The van der Waals surface area contributed by atoms with E-state index in [0.717, 1.165) is 18.0 Å². The van der Waals surface area contributed by atoms with Crippen molar-refractivity contribution in [1.82, 2.24) is 4.90 Å². The highest BCUT2D eigenvalue weighted by molar-refractivity contribution is 6.04. The van der Waals surface area contributed by atoms with Crippen LogP contribution in [0.2, 0.25) is 0 Å². The van der Waals surface area contributed by atoms with Gasteiger partial charge >= 0.3 is 0 Å². The van der Waals surface area contributed by atoms with E-state index in [0.29, 0.717) is 5.56 Å². The number of methoxy groups -OCH3 is 1. The zero-order valence-corrected chi connectivity index (χ0v) is 14.8. The van der Waals surface area contributed by atoms with Gasteiger partial charge in [0.2, 0.25) is 0 Å². The van der Waals surface area contributed by atoms with E-state index in [-0.39, 0.29) is 5.91 Å². The summed E-state index contributed by atoms with van der Waals surface area (Å²) >= 11 is 0. The molecule has 0 spiro atoms. The van der Waals surface area contributed by atoms with Gasteiger partial charge in [-0.25, -0.2) is 0 Å². The lowest BCUT2D eigenvalue weighted by Gasteiger charge is -2.19. The normalized spacial score (nSPS) is 15.4. The van der Waals surface area contributed by atoms with E-state index in [9.17, 15) is 4.79 Å². The van der Waals surface area contributed by atoms with Gasteiger partial charge in [0.15, 0.2) is 0 Å². The Labute approximate surface area is 149 Å².